The van der Waals surface area contributed by atoms with Crippen molar-refractivity contribution in [1.29, 1.82) is 0 Å². The molecule has 0 bridgehead atoms. The van der Waals surface area contributed by atoms with E-state index in [1.54, 1.807) is 0 Å². The van der Waals surface area contributed by atoms with Gasteiger partial charge in [-0.2, -0.15) is 10.5 Å². The maximum absolute atomic E-state index is 10.0. The summed E-state index contributed by atoms with van der Waals surface area (Å²) in [7, 11) is 0. The van der Waals surface area contributed by atoms with Gasteiger partial charge >= 0.3 is 5.97 Å². The predicted molar refractivity (Wildman–Crippen MR) is 31.0 cm³/mol. The summed E-state index contributed by atoms with van der Waals surface area (Å²) in [5, 5.41) is 11.7. The molecule has 9 heavy (non-hydrogen) atoms. The minimum absolute atomic E-state index is 0.00694. The molecule has 1 radical (unpaired) electrons. The van der Waals surface area contributed by atoms with Crippen molar-refractivity contribution in [2.75, 3.05) is 0 Å². The molecule has 0 saturated carbocycles. The van der Waals surface area contributed by atoms with Gasteiger partial charge in [-0.3, -0.25) is 4.79 Å². The van der Waals surface area contributed by atoms with Crippen molar-refractivity contribution in [1.82, 2.24) is 5.43 Å². The van der Waals surface area contributed by atoms with Crippen LogP contribution in [0.4, 0.5) is 0 Å². The van der Waals surface area contributed by atoms with E-state index < -0.39 is 5.97 Å². The number of carbonyl (C=O) groups is 1. The Morgan fingerprint density at radius 2 is 2.56 bits per heavy atom. The van der Waals surface area contributed by atoms with E-state index in [4.69, 9.17) is 5.11 Å². The van der Waals surface area contributed by atoms with Crippen molar-refractivity contribution in [2.24, 2.45) is 5.10 Å². The molecule has 4 heteroatoms. The third-order valence-corrected chi connectivity index (χ3v) is 0.869. The highest BCUT2D eigenvalue weighted by Crippen LogP contribution is 2.00. The number of rotatable bonds is 2. The number of hydrogen-bond acceptors (Lipinski definition) is 2. The number of carboxylic acids is 1. The molecule has 0 aliphatic carbocycles. The molecule has 0 spiro atoms. The van der Waals surface area contributed by atoms with Gasteiger partial charge in [0.05, 0.1) is 18.8 Å². The van der Waals surface area contributed by atoms with Crippen molar-refractivity contribution < 1.29 is 9.90 Å². The van der Waals surface area contributed by atoms with Crippen molar-refractivity contribution in [3.05, 3.63) is 11.8 Å². The Morgan fingerprint density at radius 3 is 3.00 bits per heavy atom. The fourth-order valence-electron chi connectivity index (χ4n) is 0.514. The largest absolute Gasteiger partial charge is 0.481 e. The van der Waals surface area contributed by atoms with Gasteiger partial charge in [0.25, 0.3) is 0 Å². The van der Waals surface area contributed by atoms with Gasteiger partial charge in [-0.05, 0) is 0 Å². The molecule has 1 heterocycles. The zero-order chi connectivity index (χ0) is 6.69. The number of aliphatic carboxylic acids is 1. The zero-order valence-electron chi connectivity index (χ0n) is 4.61. The van der Waals surface area contributed by atoms with E-state index >= 15 is 0 Å². The average Bonchev–Trinajstić information content (AvgIpc) is 2.15. The molecule has 0 atom stereocenters. The molecule has 0 aromatic heterocycles. The molecular weight excluding hydrogens is 120 g/mol. The molecule has 0 unspecified atom stereocenters. The number of nitrogens with zero attached hydrogens (tertiary/aromatic N) is 2. The molecule has 0 amide bonds. The van der Waals surface area contributed by atoms with Crippen molar-refractivity contribution >= 4 is 12.2 Å². The summed E-state index contributed by atoms with van der Waals surface area (Å²) < 4.78 is 0. The Balaban J connectivity index is 2.45. The van der Waals surface area contributed by atoms with Crippen LogP contribution in [0.1, 0.15) is 6.42 Å². The molecule has 1 rings (SSSR count). The van der Waals surface area contributed by atoms with E-state index in [-0.39, 0.29) is 6.42 Å². The summed E-state index contributed by atoms with van der Waals surface area (Å²) in [6, 6.07) is 0. The number of hydrogen-bond donors (Lipinski definition) is 1. The van der Waals surface area contributed by atoms with Crippen LogP contribution in [-0.2, 0) is 4.79 Å². The monoisotopic (exact) mass is 125 g/mol. The highest BCUT2D eigenvalue weighted by atomic mass is 16.4. The van der Waals surface area contributed by atoms with Crippen LogP contribution in [0, 0.1) is 0 Å². The van der Waals surface area contributed by atoms with Crippen LogP contribution < -0.4 is 5.43 Å². The van der Waals surface area contributed by atoms with Gasteiger partial charge in [0.1, 0.15) is 0 Å². The lowest BCUT2D eigenvalue weighted by molar-refractivity contribution is -0.136. The van der Waals surface area contributed by atoms with E-state index in [2.05, 4.69) is 10.5 Å². The van der Waals surface area contributed by atoms with Crippen LogP contribution in [0.25, 0.3) is 0 Å². The van der Waals surface area contributed by atoms with E-state index in [1.165, 1.54) is 12.4 Å². The second-order valence-corrected chi connectivity index (χ2v) is 1.63. The quantitative estimate of drug-likeness (QED) is 0.562. The Labute approximate surface area is 51.9 Å². The standard InChI is InChI=1S/C5H5N2O2/c8-5(9)1-4-2-6-7-3-4/h2-3H,1H2,(H,8,9). The minimum atomic E-state index is -0.857. The molecule has 4 nitrogen and oxygen atoms in total. The third kappa shape index (κ3) is 1.56. The smallest absolute Gasteiger partial charge is 0.307 e. The van der Waals surface area contributed by atoms with Crippen molar-refractivity contribution in [3.8, 4) is 0 Å². The van der Waals surface area contributed by atoms with E-state index in [9.17, 15) is 4.79 Å². The molecule has 1 aliphatic heterocycles. The van der Waals surface area contributed by atoms with Crippen LogP contribution in [0.3, 0.4) is 0 Å². The van der Waals surface area contributed by atoms with Crippen LogP contribution in [0.15, 0.2) is 16.9 Å². The molecule has 0 fully saturated rings. The van der Waals surface area contributed by atoms with Gasteiger partial charge in [-0.25, -0.2) is 0 Å². The second-order valence-electron chi connectivity index (χ2n) is 1.63. The van der Waals surface area contributed by atoms with Crippen molar-refractivity contribution in [2.45, 2.75) is 6.42 Å². The SMILES string of the molecule is O=C(O)CC1=C[N]N=C1. The molecule has 47 valence electrons. The molecule has 0 saturated heterocycles. The molecule has 0 aromatic carbocycles. The first kappa shape index (κ1) is 5.81. The van der Waals surface area contributed by atoms with Crippen LogP contribution in [0.2, 0.25) is 0 Å². The lowest BCUT2D eigenvalue weighted by Gasteiger charge is -1.86. The average molecular weight is 125 g/mol. The first-order chi connectivity index (χ1) is 4.29. The zero-order valence-corrected chi connectivity index (χ0v) is 4.61. The lowest BCUT2D eigenvalue weighted by Crippen LogP contribution is -1.96. The summed E-state index contributed by atoms with van der Waals surface area (Å²) in [4.78, 5) is 10.0. The Bertz CT molecular complexity index is 183. The van der Waals surface area contributed by atoms with Gasteiger partial charge in [0.15, 0.2) is 0 Å². The van der Waals surface area contributed by atoms with Gasteiger partial charge in [0.2, 0.25) is 0 Å². The van der Waals surface area contributed by atoms with E-state index in [0.717, 1.165) is 0 Å². The highest BCUT2D eigenvalue weighted by molar-refractivity contribution is 5.87. The maximum Gasteiger partial charge on any atom is 0.307 e. The first-order valence-corrected chi connectivity index (χ1v) is 2.43. The fraction of sp³-hybridized carbons (Fsp3) is 0.200. The molecule has 0 aromatic rings. The van der Waals surface area contributed by atoms with Crippen LogP contribution in [-0.4, -0.2) is 17.3 Å². The lowest BCUT2D eigenvalue weighted by atomic mass is 10.2. The summed E-state index contributed by atoms with van der Waals surface area (Å²) in [5.74, 6) is -0.857. The Kier molecular flexibility index (Phi) is 1.48. The van der Waals surface area contributed by atoms with Gasteiger partial charge in [-0.15, -0.1) is 0 Å². The molecule has 1 aliphatic rings. The highest BCUT2D eigenvalue weighted by Gasteiger charge is 2.04. The third-order valence-electron chi connectivity index (χ3n) is 0.869. The topological polar surface area (TPSA) is 63.8 Å². The summed E-state index contributed by atoms with van der Waals surface area (Å²) >= 11 is 0. The van der Waals surface area contributed by atoms with Gasteiger partial charge < -0.3 is 5.11 Å². The van der Waals surface area contributed by atoms with Crippen LogP contribution >= 0.6 is 0 Å². The Hall–Kier alpha value is -1.32. The van der Waals surface area contributed by atoms with Gasteiger partial charge in [-0.1, -0.05) is 0 Å². The molecule has 1 N–H and O–H groups in total. The predicted octanol–water partition coefficient (Wildman–Crippen LogP) is -0.0512. The van der Waals surface area contributed by atoms with E-state index in [0.29, 0.717) is 5.57 Å². The van der Waals surface area contributed by atoms with Crippen LogP contribution in [0.5, 0.6) is 0 Å². The van der Waals surface area contributed by atoms with Gasteiger partial charge in [0, 0.05) is 5.57 Å². The summed E-state index contributed by atoms with van der Waals surface area (Å²) in [5.41, 5.74) is 4.10. The maximum atomic E-state index is 10.0. The molecular formula is C5H5N2O2. The van der Waals surface area contributed by atoms with Crippen molar-refractivity contribution in [3.63, 3.8) is 0 Å². The normalized spacial score (nSPS) is 14.9. The summed E-state index contributed by atoms with van der Waals surface area (Å²) in [6.07, 6.45) is 2.88. The summed E-state index contributed by atoms with van der Waals surface area (Å²) in [6.45, 7) is 0. The number of carboxylic acid groups (broad SMARTS) is 1. The second kappa shape index (κ2) is 2.30. The fourth-order valence-corrected chi connectivity index (χ4v) is 0.514. The first-order valence-electron chi connectivity index (χ1n) is 2.43. The van der Waals surface area contributed by atoms with E-state index in [1.807, 2.05) is 0 Å². The minimum Gasteiger partial charge on any atom is -0.481 e. The Morgan fingerprint density at radius 1 is 1.78 bits per heavy atom.